The first-order valence-electron chi connectivity index (χ1n) is 6.85. The predicted octanol–water partition coefficient (Wildman–Crippen LogP) is 2.99. The highest BCUT2D eigenvalue weighted by Gasteiger charge is 2.12. The molecule has 0 spiro atoms. The van der Waals surface area contributed by atoms with Crippen LogP contribution in [0, 0.1) is 0 Å². The maximum absolute atomic E-state index is 10.8. The fraction of sp³-hybridized carbons (Fsp3) is 0.667. The van der Waals surface area contributed by atoms with E-state index in [4.69, 9.17) is 9.47 Å². The summed E-state index contributed by atoms with van der Waals surface area (Å²) in [5, 5.41) is 0. The van der Waals surface area contributed by atoms with Gasteiger partial charge in [-0.3, -0.25) is 0 Å². The summed E-state index contributed by atoms with van der Waals surface area (Å²) in [4.78, 5) is 10.8. The van der Waals surface area contributed by atoms with Crippen LogP contribution in [0.2, 0.25) is 0 Å². The second kappa shape index (κ2) is 9.75. The molecule has 4 nitrogen and oxygen atoms in total. The van der Waals surface area contributed by atoms with Gasteiger partial charge in [0, 0.05) is 12.7 Å². The number of rotatable bonds is 7. The van der Waals surface area contributed by atoms with Gasteiger partial charge in [0.15, 0.2) is 6.29 Å². The summed E-state index contributed by atoms with van der Waals surface area (Å²) in [6.45, 7) is 3.47. The van der Waals surface area contributed by atoms with Gasteiger partial charge in [0.05, 0.1) is 13.7 Å². The molecule has 0 N–H and O–H groups in total. The lowest BCUT2D eigenvalue weighted by Gasteiger charge is -2.22. The molecule has 0 aromatic heterocycles. The van der Waals surface area contributed by atoms with Gasteiger partial charge in [0.25, 0.3) is 0 Å². The van der Waals surface area contributed by atoms with Gasteiger partial charge in [-0.2, -0.15) is 0 Å². The number of esters is 1. The summed E-state index contributed by atoms with van der Waals surface area (Å²) in [6, 6.07) is 0. The molecule has 0 amide bonds. The van der Waals surface area contributed by atoms with Crippen LogP contribution in [0.3, 0.4) is 0 Å². The number of hydrogen-bond donors (Lipinski definition) is 0. The lowest BCUT2D eigenvalue weighted by molar-refractivity contribution is -0.155. The van der Waals surface area contributed by atoms with Crippen molar-refractivity contribution in [3.05, 3.63) is 23.8 Å². The van der Waals surface area contributed by atoms with Crippen molar-refractivity contribution < 1.29 is 19.0 Å². The first kappa shape index (κ1) is 15.9. The Balaban J connectivity index is 2.11. The molecule has 19 heavy (non-hydrogen) atoms. The second-order valence-electron chi connectivity index (χ2n) is 4.64. The molecule has 1 unspecified atom stereocenters. The molecule has 1 saturated heterocycles. The maximum atomic E-state index is 10.8. The Morgan fingerprint density at radius 3 is 2.95 bits per heavy atom. The van der Waals surface area contributed by atoms with Gasteiger partial charge in [-0.1, -0.05) is 17.7 Å². The SMILES string of the molecule is COC(=O)/C=C/CC/C(C)=C/COC1CCCCO1. The smallest absolute Gasteiger partial charge is 0.330 e. The minimum atomic E-state index is -0.306. The van der Waals surface area contributed by atoms with Gasteiger partial charge in [0.2, 0.25) is 0 Å². The molecule has 108 valence electrons. The normalized spacial score (nSPS) is 20.7. The van der Waals surface area contributed by atoms with Gasteiger partial charge in [-0.15, -0.1) is 0 Å². The first-order chi connectivity index (χ1) is 9.22. The van der Waals surface area contributed by atoms with Crippen LogP contribution < -0.4 is 0 Å². The molecule has 0 radical (unpaired) electrons. The van der Waals surface area contributed by atoms with E-state index in [0.717, 1.165) is 32.3 Å². The Labute approximate surface area is 115 Å². The number of carbonyl (C=O) groups is 1. The summed E-state index contributed by atoms with van der Waals surface area (Å²) in [7, 11) is 1.38. The summed E-state index contributed by atoms with van der Waals surface area (Å²) < 4.78 is 15.6. The molecule has 0 aliphatic carbocycles. The maximum Gasteiger partial charge on any atom is 0.330 e. The highest BCUT2D eigenvalue weighted by molar-refractivity contribution is 5.81. The Kier molecular flexibility index (Phi) is 8.18. The predicted molar refractivity (Wildman–Crippen MR) is 73.7 cm³/mol. The van der Waals surface area contributed by atoms with Crippen LogP contribution in [0.4, 0.5) is 0 Å². The molecule has 4 heteroatoms. The molecular weight excluding hydrogens is 244 g/mol. The lowest BCUT2D eigenvalue weighted by atomic mass is 10.1. The van der Waals surface area contributed by atoms with E-state index in [1.165, 1.54) is 25.2 Å². The molecule has 0 saturated carbocycles. The Bertz CT molecular complexity index is 314. The van der Waals surface area contributed by atoms with Crippen molar-refractivity contribution in [1.29, 1.82) is 0 Å². The van der Waals surface area contributed by atoms with Crippen LogP contribution in [0.5, 0.6) is 0 Å². The minimum Gasteiger partial charge on any atom is -0.466 e. The molecular formula is C15H24O4. The molecule has 1 heterocycles. The van der Waals surface area contributed by atoms with Crippen LogP contribution >= 0.6 is 0 Å². The molecule has 0 bridgehead atoms. The third-order valence-electron chi connectivity index (χ3n) is 3.01. The Morgan fingerprint density at radius 1 is 1.42 bits per heavy atom. The standard InChI is InChI=1S/C15H24O4/c1-13(7-3-4-8-14(16)17-2)10-12-19-15-9-5-6-11-18-15/h4,8,10,15H,3,5-7,9,11-12H2,1-2H3/b8-4+,13-10+. The molecule has 1 aliphatic heterocycles. The Hall–Kier alpha value is -1.13. The zero-order valence-electron chi connectivity index (χ0n) is 11.9. The number of hydrogen-bond acceptors (Lipinski definition) is 4. The van der Waals surface area contributed by atoms with Crippen molar-refractivity contribution in [2.45, 2.75) is 45.3 Å². The van der Waals surface area contributed by atoms with Crippen molar-refractivity contribution >= 4 is 5.97 Å². The zero-order valence-corrected chi connectivity index (χ0v) is 11.9. The van der Waals surface area contributed by atoms with Crippen molar-refractivity contribution in [3.8, 4) is 0 Å². The monoisotopic (exact) mass is 268 g/mol. The minimum absolute atomic E-state index is 0.0305. The van der Waals surface area contributed by atoms with Crippen LogP contribution in [-0.4, -0.2) is 32.6 Å². The van der Waals surface area contributed by atoms with Crippen LogP contribution in [0.15, 0.2) is 23.8 Å². The van der Waals surface area contributed by atoms with E-state index >= 15 is 0 Å². The summed E-state index contributed by atoms with van der Waals surface area (Å²) in [5.41, 5.74) is 1.25. The number of methoxy groups -OCH3 is 1. The van der Waals surface area contributed by atoms with Crippen LogP contribution in [-0.2, 0) is 19.0 Å². The van der Waals surface area contributed by atoms with Gasteiger partial charge >= 0.3 is 5.97 Å². The van der Waals surface area contributed by atoms with Crippen LogP contribution in [0.1, 0.15) is 39.0 Å². The van der Waals surface area contributed by atoms with E-state index in [0.29, 0.717) is 6.61 Å². The van der Waals surface area contributed by atoms with E-state index in [1.807, 2.05) is 6.08 Å². The summed E-state index contributed by atoms with van der Waals surface area (Å²) in [5.74, 6) is -0.306. The van der Waals surface area contributed by atoms with Crippen molar-refractivity contribution in [2.24, 2.45) is 0 Å². The van der Waals surface area contributed by atoms with Crippen molar-refractivity contribution in [1.82, 2.24) is 0 Å². The van der Waals surface area contributed by atoms with E-state index in [2.05, 4.69) is 17.7 Å². The molecule has 0 aromatic carbocycles. The number of allylic oxidation sites excluding steroid dienone is 2. The highest BCUT2D eigenvalue weighted by Crippen LogP contribution is 2.14. The molecule has 1 fully saturated rings. The second-order valence-corrected chi connectivity index (χ2v) is 4.64. The molecule has 0 aromatic rings. The summed E-state index contributed by atoms with van der Waals surface area (Å²) >= 11 is 0. The van der Waals surface area contributed by atoms with Crippen molar-refractivity contribution in [3.63, 3.8) is 0 Å². The third-order valence-corrected chi connectivity index (χ3v) is 3.01. The number of ether oxygens (including phenoxy) is 3. The zero-order chi connectivity index (χ0) is 13.9. The lowest BCUT2D eigenvalue weighted by Crippen LogP contribution is -2.22. The van der Waals surface area contributed by atoms with Crippen LogP contribution in [0.25, 0.3) is 0 Å². The average Bonchev–Trinajstić information content (AvgIpc) is 2.44. The average molecular weight is 268 g/mol. The van der Waals surface area contributed by atoms with Gasteiger partial charge in [0.1, 0.15) is 0 Å². The molecule has 1 rings (SSSR count). The topological polar surface area (TPSA) is 44.8 Å². The van der Waals surface area contributed by atoms with Gasteiger partial charge in [-0.25, -0.2) is 4.79 Å². The summed E-state index contributed by atoms with van der Waals surface area (Å²) in [6.07, 6.45) is 10.4. The van der Waals surface area contributed by atoms with E-state index in [-0.39, 0.29) is 12.3 Å². The third kappa shape index (κ3) is 7.80. The molecule has 1 atom stereocenters. The Morgan fingerprint density at radius 2 is 2.26 bits per heavy atom. The fourth-order valence-corrected chi connectivity index (χ4v) is 1.80. The van der Waals surface area contributed by atoms with Gasteiger partial charge in [-0.05, 0) is 39.0 Å². The quantitative estimate of drug-likeness (QED) is 0.404. The fourth-order valence-electron chi connectivity index (χ4n) is 1.80. The first-order valence-corrected chi connectivity index (χ1v) is 6.85. The van der Waals surface area contributed by atoms with Gasteiger partial charge < -0.3 is 14.2 Å². The van der Waals surface area contributed by atoms with E-state index in [1.54, 1.807) is 0 Å². The molecule has 1 aliphatic rings. The van der Waals surface area contributed by atoms with E-state index in [9.17, 15) is 4.79 Å². The number of carbonyl (C=O) groups excluding carboxylic acids is 1. The highest BCUT2D eigenvalue weighted by atomic mass is 16.7. The van der Waals surface area contributed by atoms with Crippen molar-refractivity contribution in [2.75, 3.05) is 20.3 Å². The largest absolute Gasteiger partial charge is 0.466 e. The van der Waals surface area contributed by atoms with E-state index < -0.39 is 0 Å².